The molecule has 0 amide bonds. The summed E-state index contributed by atoms with van der Waals surface area (Å²) in [6.07, 6.45) is 6.28. The maximum atomic E-state index is 5.70. The summed E-state index contributed by atoms with van der Waals surface area (Å²) in [5.41, 5.74) is 0. The molecule has 0 aromatic carbocycles. The molecule has 16 heavy (non-hydrogen) atoms. The number of hydrogen-bond donors (Lipinski definition) is 1. The molecule has 0 spiro atoms. The Hall–Kier alpha value is -0.740. The quantitative estimate of drug-likeness (QED) is 0.878. The van der Waals surface area contributed by atoms with E-state index < -0.39 is 0 Å². The molecule has 1 aliphatic heterocycles. The number of halogens is 1. The highest BCUT2D eigenvalue weighted by Gasteiger charge is 2.13. The molecule has 1 atom stereocenters. The van der Waals surface area contributed by atoms with Crippen molar-refractivity contribution in [3.05, 3.63) is 12.4 Å². The van der Waals surface area contributed by atoms with Crippen LogP contribution in [0.2, 0.25) is 0 Å². The van der Waals surface area contributed by atoms with Crippen LogP contribution in [0.1, 0.15) is 19.8 Å². The van der Waals surface area contributed by atoms with Gasteiger partial charge in [-0.05, 0) is 26.3 Å². The van der Waals surface area contributed by atoms with Crippen LogP contribution < -0.4 is 10.1 Å². The SMILES string of the molecule is CCn1cc(OCC2CCCNC2)cn1.Cl. The number of nitrogens with one attached hydrogen (secondary N) is 1. The third-order valence-electron chi connectivity index (χ3n) is 2.82. The lowest BCUT2D eigenvalue weighted by Crippen LogP contribution is -2.32. The van der Waals surface area contributed by atoms with Gasteiger partial charge >= 0.3 is 0 Å². The topological polar surface area (TPSA) is 39.1 Å². The molecule has 1 unspecified atom stereocenters. The second-order valence-electron chi connectivity index (χ2n) is 4.06. The number of aromatic nitrogens is 2. The zero-order valence-corrected chi connectivity index (χ0v) is 10.5. The van der Waals surface area contributed by atoms with Crippen molar-refractivity contribution in [2.75, 3.05) is 19.7 Å². The molecule has 1 saturated heterocycles. The molecule has 1 aromatic rings. The van der Waals surface area contributed by atoms with Crippen LogP contribution in [0.15, 0.2) is 12.4 Å². The van der Waals surface area contributed by atoms with E-state index in [4.69, 9.17) is 4.74 Å². The summed E-state index contributed by atoms with van der Waals surface area (Å²) in [5, 5.41) is 7.56. The van der Waals surface area contributed by atoms with Gasteiger partial charge in [-0.25, -0.2) is 0 Å². The van der Waals surface area contributed by atoms with Crippen LogP contribution in [-0.4, -0.2) is 29.5 Å². The van der Waals surface area contributed by atoms with Crippen molar-refractivity contribution >= 4 is 12.4 Å². The Kier molecular flexibility index (Phi) is 5.63. The normalized spacial score (nSPS) is 20.2. The highest BCUT2D eigenvalue weighted by molar-refractivity contribution is 5.85. The number of hydrogen-bond acceptors (Lipinski definition) is 3. The molecule has 2 heterocycles. The molecule has 0 aliphatic carbocycles. The van der Waals surface area contributed by atoms with Crippen molar-refractivity contribution in [1.82, 2.24) is 15.1 Å². The first-order valence-electron chi connectivity index (χ1n) is 5.74. The van der Waals surface area contributed by atoms with Crippen LogP contribution >= 0.6 is 12.4 Å². The lowest BCUT2D eigenvalue weighted by atomic mass is 10.0. The molecule has 1 fully saturated rings. The second kappa shape index (κ2) is 6.76. The van der Waals surface area contributed by atoms with E-state index in [0.717, 1.165) is 32.0 Å². The fraction of sp³-hybridized carbons (Fsp3) is 0.727. The molecule has 1 N–H and O–H groups in total. The van der Waals surface area contributed by atoms with E-state index in [1.165, 1.54) is 12.8 Å². The number of ether oxygens (including phenoxy) is 1. The highest BCUT2D eigenvalue weighted by Crippen LogP contribution is 2.14. The van der Waals surface area contributed by atoms with E-state index in [1.54, 1.807) is 6.20 Å². The highest BCUT2D eigenvalue weighted by atomic mass is 35.5. The lowest BCUT2D eigenvalue weighted by molar-refractivity contribution is 0.218. The van der Waals surface area contributed by atoms with Gasteiger partial charge in [-0.2, -0.15) is 5.10 Å². The molecule has 5 heteroatoms. The molecule has 0 radical (unpaired) electrons. The van der Waals surface area contributed by atoms with E-state index in [9.17, 15) is 0 Å². The molecule has 0 saturated carbocycles. The monoisotopic (exact) mass is 245 g/mol. The van der Waals surface area contributed by atoms with Crippen LogP contribution in [0.3, 0.4) is 0 Å². The fourth-order valence-corrected chi connectivity index (χ4v) is 1.87. The lowest BCUT2D eigenvalue weighted by Gasteiger charge is -2.22. The minimum Gasteiger partial charge on any atom is -0.490 e. The number of nitrogens with zero attached hydrogens (tertiary/aromatic N) is 2. The Labute approximate surface area is 103 Å². The van der Waals surface area contributed by atoms with E-state index in [0.29, 0.717) is 5.92 Å². The van der Waals surface area contributed by atoms with E-state index >= 15 is 0 Å². The molecule has 4 nitrogen and oxygen atoms in total. The molecule has 2 rings (SSSR count). The molecule has 92 valence electrons. The summed E-state index contributed by atoms with van der Waals surface area (Å²) in [4.78, 5) is 0. The van der Waals surface area contributed by atoms with E-state index in [2.05, 4.69) is 17.3 Å². The van der Waals surface area contributed by atoms with Gasteiger partial charge in [0.1, 0.15) is 0 Å². The number of rotatable bonds is 4. The van der Waals surface area contributed by atoms with Gasteiger partial charge in [-0.1, -0.05) is 0 Å². The predicted molar refractivity (Wildman–Crippen MR) is 66.2 cm³/mol. The predicted octanol–water partition coefficient (Wildman–Crippen LogP) is 1.70. The first-order chi connectivity index (χ1) is 7.38. The van der Waals surface area contributed by atoms with Crippen molar-refractivity contribution in [1.29, 1.82) is 0 Å². The summed E-state index contributed by atoms with van der Waals surface area (Å²) < 4.78 is 7.59. The Balaban J connectivity index is 0.00000128. The molecule has 0 bridgehead atoms. The average molecular weight is 246 g/mol. The van der Waals surface area contributed by atoms with Gasteiger partial charge in [-0.3, -0.25) is 4.68 Å². The van der Waals surface area contributed by atoms with Crippen LogP contribution in [-0.2, 0) is 6.54 Å². The molecular weight excluding hydrogens is 226 g/mol. The average Bonchev–Trinajstić information content (AvgIpc) is 2.76. The third kappa shape index (κ3) is 3.68. The summed E-state index contributed by atoms with van der Waals surface area (Å²) in [5.74, 6) is 1.55. The summed E-state index contributed by atoms with van der Waals surface area (Å²) in [6.45, 7) is 6.02. The summed E-state index contributed by atoms with van der Waals surface area (Å²) in [7, 11) is 0. The van der Waals surface area contributed by atoms with Gasteiger partial charge in [0.05, 0.1) is 19.0 Å². The smallest absolute Gasteiger partial charge is 0.157 e. The Morgan fingerprint density at radius 3 is 3.12 bits per heavy atom. The van der Waals surface area contributed by atoms with Crippen LogP contribution in [0.5, 0.6) is 5.75 Å². The Morgan fingerprint density at radius 2 is 2.50 bits per heavy atom. The van der Waals surface area contributed by atoms with Gasteiger partial charge < -0.3 is 10.1 Å². The number of piperidine rings is 1. The molecular formula is C11H20ClN3O. The molecule has 1 aromatic heterocycles. The van der Waals surface area contributed by atoms with Crippen LogP contribution in [0.25, 0.3) is 0 Å². The van der Waals surface area contributed by atoms with Gasteiger partial charge in [0, 0.05) is 19.0 Å². The van der Waals surface area contributed by atoms with Crippen molar-refractivity contribution in [2.45, 2.75) is 26.3 Å². The second-order valence-corrected chi connectivity index (χ2v) is 4.06. The minimum atomic E-state index is 0. The van der Waals surface area contributed by atoms with Crippen LogP contribution in [0.4, 0.5) is 0 Å². The van der Waals surface area contributed by atoms with Crippen molar-refractivity contribution < 1.29 is 4.74 Å². The van der Waals surface area contributed by atoms with E-state index in [-0.39, 0.29) is 12.4 Å². The van der Waals surface area contributed by atoms with Gasteiger partial charge in [0.25, 0.3) is 0 Å². The van der Waals surface area contributed by atoms with Crippen molar-refractivity contribution in [2.24, 2.45) is 5.92 Å². The first-order valence-corrected chi connectivity index (χ1v) is 5.74. The maximum Gasteiger partial charge on any atom is 0.157 e. The van der Waals surface area contributed by atoms with Crippen molar-refractivity contribution in [3.63, 3.8) is 0 Å². The third-order valence-corrected chi connectivity index (χ3v) is 2.82. The Morgan fingerprint density at radius 1 is 1.62 bits per heavy atom. The molecule has 1 aliphatic rings. The largest absolute Gasteiger partial charge is 0.490 e. The zero-order valence-electron chi connectivity index (χ0n) is 9.69. The van der Waals surface area contributed by atoms with Gasteiger partial charge in [0.2, 0.25) is 0 Å². The summed E-state index contributed by atoms with van der Waals surface area (Å²) in [6, 6.07) is 0. The summed E-state index contributed by atoms with van der Waals surface area (Å²) >= 11 is 0. The first kappa shape index (κ1) is 13.3. The fourth-order valence-electron chi connectivity index (χ4n) is 1.87. The maximum absolute atomic E-state index is 5.70. The minimum absolute atomic E-state index is 0. The van der Waals surface area contributed by atoms with Gasteiger partial charge in [-0.15, -0.1) is 12.4 Å². The standard InChI is InChI=1S/C11H19N3O.ClH/c1-2-14-8-11(7-13-14)15-9-10-4-3-5-12-6-10;/h7-8,10,12H,2-6,9H2,1H3;1H. The van der Waals surface area contributed by atoms with Crippen molar-refractivity contribution in [3.8, 4) is 5.75 Å². The Bertz CT molecular complexity index is 297. The van der Waals surface area contributed by atoms with E-state index in [1.807, 2.05) is 10.9 Å². The van der Waals surface area contributed by atoms with Crippen LogP contribution in [0, 0.1) is 5.92 Å². The number of aryl methyl sites for hydroxylation is 1. The van der Waals surface area contributed by atoms with Gasteiger partial charge in [0.15, 0.2) is 5.75 Å². The zero-order chi connectivity index (χ0) is 10.5.